The van der Waals surface area contributed by atoms with E-state index in [1.165, 1.54) is 0 Å². The molecule has 0 aliphatic carbocycles. The van der Waals surface area contributed by atoms with Crippen LogP contribution in [-0.2, 0) is 14.3 Å². The molecule has 3 N–H and O–H groups in total. The van der Waals surface area contributed by atoms with Crippen LogP contribution < -0.4 is 11.1 Å². The number of guanidine groups is 1. The zero-order valence-electron chi connectivity index (χ0n) is 17.5. The van der Waals surface area contributed by atoms with Crippen molar-refractivity contribution in [2.24, 2.45) is 22.6 Å². The molecular formula is C20H37N5O3. The first-order chi connectivity index (χ1) is 13.5. The smallest absolute Gasteiger partial charge is 0.309 e. The highest BCUT2D eigenvalue weighted by Crippen LogP contribution is 2.19. The summed E-state index contributed by atoms with van der Waals surface area (Å²) in [6.45, 7) is 7.86. The quantitative estimate of drug-likeness (QED) is 0.273. The first kappa shape index (κ1) is 22.5. The van der Waals surface area contributed by atoms with Gasteiger partial charge in [0.25, 0.3) is 0 Å². The van der Waals surface area contributed by atoms with Crippen LogP contribution in [0.25, 0.3) is 0 Å². The molecule has 2 saturated heterocycles. The van der Waals surface area contributed by atoms with Gasteiger partial charge in [0.2, 0.25) is 5.91 Å². The molecule has 2 heterocycles. The maximum atomic E-state index is 11.9. The second-order valence-electron chi connectivity index (χ2n) is 7.71. The van der Waals surface area contributed by atoms with Gasteiger partial charge in [0.15, 0.2) is 5.96 Å². The van der Waals surface area contributed by atoms with Gasteiger partial charge >= 0.3 is 5.97 Å². The minimum atomic E-state index is -0.151. The van der Waals surface area contributed by atoms with E-state index in [9.17, 15) is 9.59 Å². The first-order valence-electron chi connectivity index (χ1n) is 10.7. The molecular weight excluding hydrogens is 358 g/mol. The lowest BCUT2D eigenvalue weighted by molar-refractivity contribution is -0.149. The third-order valence-corrected chi connectivity index (χ3v) is 5.80. The number of likely N-dealkylation sites (tertiary alicyclic amines) is 2. The monoisotopic (exact) mass is 395 g/mol. The highest BCUT2D eigenvalue weighted by molar-refractivity contribution is 5.80. The van der Waals surface area contributed by atoms with Crippen LogP contribution in [0.3, 0.4) is 0 Å². The van der Waals surface area contributed by atoms with Crippen LogP contribution in [0.4, 0.5) is 0 Å². The van der Waals surface area contributed by atoms with Crippen LogP contribution in [0.1, 0.15) is 45.4 Å². The molecule has 2 fully saturated rings. The summed E-state index contributed by atoms with van der Waals surface area (Å²) < 4.78 is 5.13. The highest BCUT2D eigenvalue weighted by atomic mass is 16.5. The molecule has 0 atom stereocenters. The maximum Gasteiger partial charge on any atom is 0.309 e. The van der Waals surface area contributed by atoms with E-state index in [2.05, 4.69) is 20.1 Å². The van der Waals surface area contributed by atoms with Crippen molar-refractivity contribution in [2.75, 3.05) is 52.9 Å². The van der Waals surface area contributed by atoms with E-state index >= 15 is 0 Å². The van der Waals surface area contributed by atoms with Gasteiger partial charge in [-0.25, -0.2) is 0 Å². The predicted molar refractivity (Wildman–Crippen MR) is 110 cm³/mol. The number of aliphatic imine (C=N–C) groups is 1. The summed E-state index contributed by atoms with van der Waals surface area (Å²) in [5, 5.41) is 3.45. The zero-order valence-corrected chi connectivity index (χ0v) is 17.5. The molecule has 0 aromatic heterocycles. The Morgan fingerprint density at radius 3 is 2.29 bits per heavy atom. The molecule has 0 saturated carbocycles. The van der Waals surface area contributed by atoms with Crippen LogP contribution in [0, 0.1) is 11.8 Å². The van der Waals surface area contributed by atoms with E-state index in [0.29, 0.717) is 6.61 Å². The number of carbonyl (C=O) groups is 2. The Bertz CT molecular complexity index is 524. The molecule has 2 aliphatic rings. The number of primary amides is 1. The average molecular weight is 396 g/mol. The van der Waals surface area contributed by atoms with Gasteiger partial charge in [0.05, 0.1) is 12.5 Å². The van der Waals surface area contributed by atoms with Crippen molar-refractivity contribution in [1.82, 2.24) is 15.1 Å². The number of nitrogens with two attached hydrogens (primary N) is 1. The van der Waals surface area contributed by atoms with E-state index < -0.39 is 0 Å². The van der Waals surface area contributed by atoms with Crippen LogP contribution in [-0.4, -0.2) is 80.6 Å². The second-order valence-corrected chi connectivity index (χ2v) is 7.71. The van der Waals surface area contributed by atoms with Crippen LogP contribution in [0.15, 0.2) is 4.99 Å². The molecule has 0 aromatic rings. The van der Waals surface area contributed by atoms with Gasteiger partial charge in [0.1, 0.15) is 0 Å². The van der Waals surface area contributed by atoms with Crippen molar-refractivity contribution < 1.29 is 14.3 Å². The fourth-order valence-electron chi connectivity index (χ4n) is 4.02. The summed E-state index contributed by atoms with van der Waals surface area (Å²) in [6, 6.07) is 0. The molecule has 0 unspecified atom stereocenters. The topological polar surface area (TPSA) is 100 Å². The van der Waals surface area contributed by atoms with Gasteiger partial charge in [-0.2, -0.15) is 0 Å². The largest absolute Gasteiger partial charge is 0.466 e. The van der Waals surface area contributed by atoms with Crippen molar-refractivity contribution in [3.63, 3.8) is 0 Å². The van der Waals surface area contributed by atoms with E-state index in [4.69, 9.17) is 10.5 Å². The van der Waals surface area contributed by atoms with Gasteiger partial charge < -0.3 is 25.6 Å². The SMILES string of the molecule is CCOC(=O)C1CCN(C(=NC)NCCCCN2CCC(C(N)=O)CC2)CC1. The Labute approximate surface area is 168 Å². The first-order valence-corrected chi connectivity index (χ1v) is 10.7. The molecule has 0 spiro atoms. The number of hydrogen-bond donors (Lipinski definition) is 2. The third kappa shape index (κ3) is 6.96. The standard InChI is InChI=1S/C20H37N5O3/c1-3-28-19(27)17-8-14-25(15-9-17)20(22-2)23-10-4-5-11-24-12-6-16(7-13-24)18(21)26/h16-17H,3-15H2,1-2H3,(H2,21,26)(H,22,23). The number of unbranched alkanes of at least 4 members (excludes halogenated alkanes) is 1. The fourth-order valence-corrected chi connectivity index (χ4v) is 4.02. The minimum Gasteiger partial charge on any atom is -0.466 e. The number of rotatable bonds is 8. The summed E-state index contributed by atoms with van der Waals surface area (Å²) in [6.07, 6.45) is 5.62. The molecule has 1 amide bonds. The lowest BCUT2D eigenvalue weighted by atomic mass is 9.96. The van der Waals surface area contributed by atoms with E-state index in [0.717, 1.165) is 83.8 Å². The fraction of sp³-hybridized carbons (Fsp3) is 0.850. The Morgan fingerprint density at radius 2 is 1.71 bits per heavy atom. The van der Waals surface area contributed by atoms with Crippen molar-refractivity contribution in [3.8, 4) is 0 Å². The minimum absolute atomic E-state index is 0.0213. The van der Waals surface area contributed by atoms with E-state index in [1.54, 1.807) is 0 Å². The number of esters is 1. The van der Waals surface area contributed by atoms with Crippen molar-refractivity contribution in [1.29, 1.82) is 0 Å². The van der Waals surface area contributed by atoms with Gasteiger partial charge in [-0.3, -0.25) is 14.6 Å². The van der Waals surface area contributed by atoms with E-state index in [-0.39, 0.29) is 23.7 Å². The summed E-state index contributed by atoms with van der Waals surface area (Å²) in [5.74, 6) is 0.790. The molecule has 0 radical (unpaired) electrons. The molecule has 8 heteroatoms. The number of hydrogen-bond acceptors (Lipinski definition) is 5. The lowest BCUT2D eigenvalue weighted by Crippen LogP contribution is -2.47. The summed E-state index contributed by atoms with van der Waals surface area (Å²) in [4.78, 5) is 32.1. The number of carbonyl (C=O) groups excluding carboxylic acids is 2. The number of amides is 1. The van der Waals surface area contributed by atoms with Crippen LogP contribution in [0.2, 0.25) is 0 Å². The maximum absolute atomic E-state index is 11.9. The molecule has 28 heavy (non-hydrogen) atoms. The predicted octanol–water partition coefficient (Wildman–Crippen LogP) is 0.814. The molecule has 2 aliphatic heterocycles. The molecule has 2 rings (SSSR count). The van der Waals surface area contributed by atoms with Crippen LogP contribution >= 0.6 is 0 Å². The summed E-state index contributed by atoms with van der Waals surface area (Å²) in [5.41, 5.74) is 5.39. The third-order valence-electron chi connectivity index (χ3n) is 5.80. The Kier molecular flexibility index (Phi) is 9.54. The normalized spacial score (nSPS) is 20.2. The molecule has 0 aromatic carbocycles. The summed E-state index contributed by atoms with van der Waals surface area (Å²) in [7, 11) is 1.81. The number of nitrogens with zero attached hydrogens (tertiary/aromatic N) is 3. The van der Waals surface area contributed by atoms with E-state index in [1.807, 2.05) is 14.0 Å². The van der Waals surface area contributed by atoms with Crippen molar-refractivity contribution in [3.05, 3.63) is 0 Å². The van der Waals surface area contributed by atoms with Crippen molar-refractivity contribution >= 4 is 17.8 Å². The van der Waals surface area contributed by atoms with Crippen molar-refractivity contribution in [2.45, 2.75) is 45.4 Å². The Balaban J connectivity index is 1.58. The van der Waals surface area contributed by atoms with Gasteiger partial charge in [-0.15, -0.1) is 0 Å². The average Bonchev–Trinajstić information content (AvgIpc) is 2.71. The Hall–Kier alpha value is -1.83. The molecule has 160 valence electrons. The molecule has 0 bridgehead atoms. The Morgan fingerprint density at radius 1 is 1.07 bits per heavy atom. The van der Waals surface area contributed by atoms with Gasteiger partial charge in [0, 0.05) is 32.6 Å². The second kappa shape index (κ2) is 11.9. The highest BCUT2D eigenvalue weighted by Gasteiger charge is 2.27. The van der Waals surface area contributed by atoms with Crippen LogP contribution in [0.5, 0.6) is 0 Å². The summed E-state index contributed by atoms with van der Waals surface area (Å²) >= 11 is 0. The zero-order chi connectivity index (χ0) is 20.4. The number of piperidine rings is 2. The number of ether oxygens (including phenoxy) is 1. The number of nitrogens with one attached hydrogen (secondary N) is 1. The lowest BCUT2D eigenvalue weighted by Gasteiger charge is -2.33. The van der Waals surface area contributed by atoms with Gasteiger partial charge in [-0.05, 0) is 65.1 Å². The molecule has 8 nitrogen and oxygen atoms in total. The van der Waals surface area contributed by atoms with Gasteiger partial charge in [-0.1, -0.05) is 0 Å².